The Hall–Kier alpha value is -0.730. The van der Waals surface area contributed by atoms with E-state index >= 15 is 0 Å². The van der Waals surface area contributed by atoms with E-state index < -0.39 is 0 Å². The van der Waals surface area contributed by atoms with E-state index in [9.17, 15) is 0 Å². The number of rotatable bonds is 2. The lowest BCUT2D eigenvalue weighted by atomic mass is 10.0. The molecule has 0 amide bonds. The Bertz CT molecular complexity index is 462. The Morgan fingerprint density at radius 2 is 2.21 bits per heavy atom. The van der Waals surface area contributed by atoms with Crippen LogP contribution in [0.25, 0.3) is 10.1 Å². The number of thiophene rings is 1. The first kappa shape index (κ1) is 9.81. The summed E-state index contributed by atoms with van der Waals surface area (Å²) in [6.45, 7) is 2.11. The minimum Gasteiger partial charge on any atom is -0.398 e. The first-order chi connectivity index (χ1) is 6.77. The zero-order valence-corrected chi connectivity index (χ0v) is 9.58. The van der Waals surface area contributed by atoms with Gasteiger partial charge in [-0.25, -0.2) is 0 Å². The number of hydrogen-bond acceptors (Lipinski definition) is 2. The van der Waals surface area contributed by atoms with Gasteiger partial charge < -0.3 is 5.73 Å². The van der Waals surface area contributed by atoms with E-state index in [1.807, 2.05) is 0 Å². The summed E-state index contributed by atoms with van der Waals surface area (Å²) in [5.74, 6) is 0.560. The second kappa shape index (κ2) is 3.79. The lowest BCUT2D eigenvalue weighted by Gasteiger charge is -2.07. The third-order valence-corrected chi connectivity index (χ3v) is 3.74. The van der Waals surface area contributed by atoms with Gasteiger partial charge in [-0.1, -0.05) is 13.0 Å². The van der Waals surface area contributed by atoms with Crippen LogP contribution in [0.4, 0.5) is 5.69 Å². The van der Waals surface area contributed by atoms with Gasteiger partial charge in [0.25, 0.3) is 0 Å². The van der Waals surface area contributed by atoms with Crippen LogP contribution in [0.1, 0.15) is 18.1 Å². The average Bonchev–Trinajstić information content (AvgIpc) is 2.68. The molecule has 3 heteroatoms. The molecule has 0 aliphatic heterocycles. The van der Waals surface area contributed by atoms with Gasteiger partial charge in [0.15, 0.2) is 0 Å². The van der Waals surface area contributed by atoms with E-state index in [-0.39, 0.29) is 0 Å². The van der Waals surface area contributed by atoms with Crippen LogP contribution in [-0.2, 0) is 12.3 Å². The van der Waals surface area contributed by atoms with Crippen LogP contribution in [0.2, 0.25) is 0 Å². The molecule has 0 fully saturated rings. The van der Waals surface area contributed by atoms with E-state index in [2.05, 4.69) is 24.4 Å². The summed E-state index contributed by atoms with van der Waals surface area (Å²) in [6, 6.07) is 4.20. The monoisotopic (exact) mass is 225 g/mol. The highest BCUT2D eigenvalue weighted by Gasteiger charge is 2.08. The molecule has 0 aliphatic carbocycles. The number of hydrogen-bond donors (Lipinski definition) is 1. The predicted molar refractivity (Wildman–Crippen MR) is 65.2 cm³/mol. The van der Waals surface area contributed by atoms with E-state index in [0.29, 0.717) is 5.88 Å². The van der Waals surface area contributed by atoms with Gasteiger partial charge in [0, 0.05) is 21.7 Å². The summed E-state index contributed by atoms with van der Waals surface area (Å²) in [5.41, 5.74) is 9.37. The third-order valence-electron chi connectivity index (χ3n) is 2.47. The number of benzene rings is 1. The molecule has 0 atom stereocenters. The van der Waals surface area contributed by atoms with Crippen molar-refractivity contribution >= 4 is 38.7 Å². The minimum atomic E-state index is 0.560. The van der Waals surface area contributed by atoms with Crippen molar-refractivity contribution in [1.29, 1.82) is 0 Å². The van der Waals surface area contributed by atoms with Gasteiger partial charge in [0.05, 0.1) is 0 Å². The van der Waals surface area contributed by atoms with E-state index in [1.165, 1.54) is 15.8 Å². The zero-order valence-electron chi connectivity index (χ0n) is 8.01. The fourth-order valence-electron chi connectivity index (χ4n) is 1.69. The van der Waals surface area contributed by atoms with E-state index in [0.717, 1.165) is 17.5 Å². The van der Waals surface area contributed by atoms with Crippen molar-refractivity contribution in [1.82, 2.24) is 0 Å². The first-order valence-electron chi connectivity index (χ1n) is 4.61. The van der Waals surface area contributed by atoms with Crippen molar-refractivity contribution in [2.45, 2.75) is 19.2 Å². The van der Waals surface area contributed by atoms with E-state index in [4.69, 9.17) is 17.3 Å². The molecule has 1 nitrogen and oxygen atoms in total. The Balaban J connectivity index is 2.80. The second-order valence-corrected chi connectivity index (χ2v) is 4.44. The maximum absolute atomic E-state index is 6.06. The van der Waals surface area contributed by atoms with Gasteiger partial charge in [-0.15, -0.1) is 22.9 Å². The predicted octanol–water partition coefficient (Wildman–Crippen LogP) is 3.78. The fraction of sp³-hybridized carbons (Fsp3) is 0.273. The maximum atomic E-state index is 6.06. The van der Waals surface area contributed by atoms with Gasteiger partial charge in [-0.3, -0.25) is 0 Å². The second-order valence-electron chi connectivity index (χ2n) is 3.26. The molecule has 0 spiro atoms. The fourth-order valence-corrected chi connectivity index (χ4v) is 2.91. The van der Waals surface area contributed by atoms with Crippen molar-refractivity contribution < 1.29 is 0 Å². The van der Waals surface area contributed by atoms with E-state index in [1.54, 1.807) is 11.3 Å². The number of nitrogen functional groups attached to an aromatic ring is 1. The molecule has 0 unspecified atom stereocenters. The summed E-state index contributed by atoms with van der Waals surface area (Å²) in [6.07, 6.45) is 0.960. The molecule has 0 bridgehead atoms. The standard InChI is InChI=1S/C11H12ClNS/c1-2-7-5-8(6-12)11-9(10(7)13)3-4-14-11/h3-5H,2,6,13H2,1H3. The Morgan fingerprint density at radius 1 is 1.43 bits per heavy atom. The summed E-state index contributed by atoms with van der Waals surface area (Å²) in [5, 5.41) is 3.22. The molecule has 1 aromatic carbocycles. The number of alkyl halides is 1. The Labute approximate surface area is 92.5 Å². The molecular formula is C11H12ClNS. The molecule has 0 saturated heterocycles. The maximum Gasteiger partial charge on any atom is 0.0488 e. The third kappa shape index (κ3) is 1.39. The van der Waals surface area contributed by atoms with Crippen molar-refractivity contribution in [3.8, 4) is 0 Å². The van der Waals surface area contributed by atoms with Crippen LogP contribution in [-0.4, -0.2) is 0 Å². The molecule has 1 aromatic heterocycles. The Kier molecular flexibility index (Phi) is 2.66. The van der Waals surface area contributed by atoms with Gasteiger partial charge in [-0.2, -0.15) is 0 Å². The van der Waals surface area contributed by atoms with Crippen molar-refractivity contribution in [3.05, 3.63) is 28.6 Å². The number of aryl methyl sites for hydroxylation is 1. The summed E-state index contributed by atoms with van der Waals surface area (Å²) < 4.78 is 1.23. The highest BCUT2D eigenvalue weighted by molar-refractivity contribution is 7.17. The van der Waals surface area contributed by atoms with Crippen LogP contribution in [0.3, 0.4) is 0 Å². The van der Waals surface area contributed by atoms with Crippen molar-refractivity contribution in [3.63, 3.8) is 0 Å². The normalized spacial score (nSPS) is 11.0. The van der Waals surface area contributed by atoms with Crippen LogP contribution < -0.4 is 5.73 Å². The molecule has 2 rings (SSSR count). The average molecular weight is 226 g/mol. The lowest BCUT2D eigenvalue weighted by Crippen LogP contribution is -1.95. The lowest BCUT2D eigenvalue weighted by molar-refractivity contribution is 1.14. The molecule has 0 saturated carbocycles. The smallest absolute Gasteiger partial charge is 0.0488 e. The molecule has 2 N–H and O–H groups in total. The van der Waals surface area contributed by atoms with Crippen LogP contribution in [0.15, 0.2) is 17.5 Å². The number of anilines is 1. The van der Waals surface area contributed by atoms with Crippen molar-refractivity contribution in [2.24, 2.45) is 0 Å². The topological polar surface area (TPSA) is 26.0 Å². The molecule has 0 radical (unpaired) electrons. The molecule has 74 valence electrons. The van der Waals surface area contributed by atoms with Crippen molar-refractivity contribution in [2.75, 3.05) is 5.73 Å². The van der Waals surface area contributed by atoms with Gasteiger partial charge in [0.1, 0.15) is 0 Å². The molecule has 1 heterocycles. The van der Waals surface area contributed by atoms with Gasteiger partial charge in [0.2, 0.25) is 0 Å². The van der Waals surface area contributed by atoms with Crippen LogP contribution >= 0.6 is 22.9 Å². The quantitative estimate of drug-likeness (QED) is 0.611. The molecular weight excluding hydrogens is 214 g/mol. The number of halogens is 1. The Morgan fingerprint density at radius 3 is 2.86 bits per heavy atom. The van der Waals surface area contributed by atoms with Crippen LogP contribution in [0.5, 0.6) is 0 Å². The van der Waals surface area contributed by atoms with Gasteiger partial charge in [-0.05, 0) is 29.0 Å². The number of nitrogens with two attached hydrogens (primary N) is 1. The summed E-state index contributed by atoms with van der Waals surface area (Å²) in [7, 11) is 0. The minimum absolute atomic E-state index is 0.560. The first-order valence-corrected chi connectivity index (χ1v) is 6.02. The highest BCUT2D eigenvalue weighted by atomic mass is 35.5. The van der Waals surface area contributed by atoms with Gasteiger partial charge >= 0.3 is 0 Å². The molecule has 0 aliphatic rings. The number of fused-ring (bicyclic) bond motifs is 1. The molecule has 2 aromatic rings. The largest absolute Gasteiger partial charge is 0.398 e. The SMILES string of the molecule is CCc1cc(CCl)c2sccc2c1N. The van der Waals surface area contributed by atoms with Crippen LogP contribution in [0, 0.1) is 0 Å². The molecule has 14 heavy (non-hydrogen) atoms. The summed E-state index contributed by atoms with van der Waals surface area (Å²) in [4.78, 5) is 0. The summed E-state index contributed by atoms with van der Waals surface area (Å²) >= 11 is 7.62. The zero-order chi connectivity index (χ0) is 10.1. The highest BCUT2D eigenvalue weighted by Crippen LogP contribution is 2.33.